The maximum Gasteiger partial charge on any atom is 0.0777 e. The number of nitrogens with zero attached hydrogens (tertiary/aromatic N) is 3. The van der Waals surface area contributed by atoms with Crippen LogP contribution in [-0.2, 0) is 6.54 Å². The van der Waals surface area contributed by atoms with E-state index in [2.05, 4.69) is 25.5 Å². The van der Waals surface area contributed by atoms with Crippen molar-refractivity contribution in [3.05, 3.63) is 48.7 Å². The molecule has 2 heterocycles. The minimum Gasteiger partial charge on any atom is -0.379 e. The highest BCUT2D eigenvalue weighted by atomic mass is 15.1. The van der Waals surface area contributed by atoms with Gasteiger partial charge in [0.15, 0.2) is 0 Å². The van der Waals surface area contributed by atoms with E-state index in [4.69, 9.17) is 0 Å². The van der Waals surface area contributed by atoms with Crippen molar-refractivity contribution in [2.75, 3.05) is 5.32 Å². The van der Waals surface area contributed by atoms with E-state index in [1.54, 1.807) is 18.6 Å². The average Bonchev–Trinajstić information content (AvgIpc) is 2.85. The van der Waals surface area contributed by atoms with Crippen LogP contribution in [0.5, 0.6) is 0 Å². The van der Waals surface area contributed by atoms with Crippen LogP contribution >= 0.6 is 0 Å². The largest absolute Gasteiger partial charge is 0.379 e. The predicted octanol–water partition coefficient (Wildman–Crippen LogP) is 1.96. The molecule has 0 spiro atoms. The van der Waals surface area contributed by atoms with E-state index in [9.17, 15) is 0 Å². The molecule has 0 atom stereocenters. The summed E-state index contributed by atoms with van der Waals surface area (Å²) in [6.45, 7) is 0.660. The summed E-state index contributed by atoms with van der Waals surface area (Å²) in [5.74, 6) is 0. The number of aromatic amines is 1. The first-order valence-electron chi connectivity index (χ1n) is 5.34. The predicted molar refractivity (Wildman–Crippen MR) is 65.5 cm³/mol. The Morgan fingerprint density at radius 2 is 2.18 bits per heavy atom. The maximum atomic E-state index is 4.20. The van der Waals surface area contributed by atoms with Crippen molar-refractivity contribution in [2.45, 2.75) is 6.54 Å². The molecule has 3 aromatic rings. The molecule has 84 valence electrons. The average molecular weight is 225 g/mol. The van der Waals surface area contributed by atoms with Crippen LogP contribution in [0.3, 0.4) is 0 Å². The van der Waals surface area contributed by atoms with Gasteiger partial charge in [0, 0.05) is 23.5 Å². The van der Waals surface area contributed by atoms with Crippen LogP contribution < -0.4 is 5.32 Å². The fraction of sp³-hybridized carbons (Fsp3) is 0.0833. The van der Waals surface area contributed by atoms with Gasteiger partial charge in [-0.05, 0) is 18.2 Å². The van der Waals surface area contributed by atoms with Gasteiger partial charge in [0.1, 0.15) is 0 Å². The molecular formula is C12H11N5. The Hall–Kier alpha value is -2.43. The van der Waals surface area contributed by atoms with Gasteiger partial charge in [-0.25, -0.2) is 0 Å². The van der Waals surface area contributed by atoms with Crippen molar-refractivity contribution in [2.24, 2.45) is 0 Å². The molecule has 0 amide bonds. The number of H-pyrrole nitrogens is 1. The molecule has 0 unspecified atom stereocenters. The third-order valence-corrected chi connectivity index (χ3v) is 2.53. The lowest BCUT2D eigenvalue weighted by Crippen LogP contribution is -2.01. The van der Waals surface area contributed by atoms with E-state index in [1.165, 1.54) is 0 Å². The molecule has 0 radical (unpaired) electrons. The Bertz CT molecular complexity index is 617. The van der Waals surface area contributed by atoms with Crippen molar-refractivity contribution < 1.29 is 0 Å². The summed E-state index contributed by atoms with van der Waals surface area (Å²) in [4.78, 5) is 8.22. The number of benzene rings is 1. The lowest BCUT2D eigenvalue weighted by Gasteiger charge is -2.05. The van der Waals surface area contributed by atoms with Crippen molar-refractivity contribution in [1.82, 2.24) is 20.2 Å². The summed E-state index contributed by atoms with van der Waals surface area (Å²) in [6.07, 6.45) is 6.92. The second kappa shape index (κ2) is 4.21. The van der Waals surface area contributed by atoms with Crippen LogP contribution in [-0.4, -0.2) is 20.2 Å². The van der Waals surface area contributed by atoms with Gasteiger partial charge in [0.05, 0.1) is 30.1 Å². The number of rotatable bonds is 3. The summed E-state index contributed by atoms with van der Waals surface area (Å²) < 4.78 is 0. The molecule has 0 aliphatic carbocycles. The third kappa shape index (κ3) is 2.08. The van der Waals surface area contributed by atoms with Gasteiger partial charge in [-0.15, -0.1) is 0 Å². The molecule has 2 N–H and O–H groups in total. The monoisotopic (exact) mass is 225 g/mol. The zero-order chi connectivity index (χ0) is 11.5. The van der Waals surface area contributed by atoms with Crippen LogP contribution in [0.4, 0.5) is 5.69 Å². The normalized spacial score (nSPS) is 10.6. The molecule has 2 aromatic heterocycles. The quantitative estimate of drug-likeness (QED) is 0.715. The van der Waals surface area contributed by atoms with E-state index in [-0.39, 0.29) is 0 Å². The first-order chi connectivity index (χ1) is 8.42. The van der Waals surface area contributed by atoms with E-state index in [1.807, 2.05) is 24.4 Å². The van der Waals surface area contributed by atoms with Gasteiger partial charge >= 0.3 is 0 Å². The fourth-order valence-corrected chi connectivity index (χ4v) is 1.66. The molecule has 0 fully saturated rings. The molecule has 3 rings (SSSR count). The van der Waals surface area contributed by atoms with E-state index >= 15 is 0 Å². The maximum absolute atomic E-state index is 4.20. The highest BCUT2D eigenvalue weighted by molar-refractivity contribution is 5.81. The Labute approximate surface area is 97.9 Å². The molecule has 17 heavy (non-hydrogen) atoms. The lowest BCUT2D eigenvalue weighted by molar-refractivity contribution is 1.01. The van der Waals surface area contributed by atoms with Gasteiger partial charge in [0.25, 0.3) is 0 Å². The van der Waals surface area contributed by atoms with Gasteiger partial charge < -0.3 is 5.32 Å². The summed E-state index contributed by atoms with van der Waals surface area (Å²) in [5, 5.41) is 11.3. The minimum atomic E-state index is 0.660. The number of hydrogen-bond donors (Lipinski definition) is 2. The first-order valence-corrected chi connectivity index (χ1v) is 5.34. The van der Waals surface area contributed by atoms with Crippen molar-refractivity contribution in [3.63, 3.8) is 0 Å². The topological polar surface area (TPSA) is 66.5 Å². The van der Waals surface area contributed by atoms with Gasteiger partial charge in [-0.1, -0.05) is 0 Å². The lowest BCUT2D eigenvalue weighted by atomic mass is 10.2. The highest BCUT2D eigenvalue weighted by Crippen LogP contribution is 2.16. The Balaban J connectivity index is 1.76. The number of fused-ring (bicyclic) bond motifs is 1. The van der Waals surface area contributed by atoms with E-state index in [0.29, 0.717) is 6.54 Å². The highest BCUT2D eigenvalue weighted by Gasteiger charge is 1.98. The van der Waals surface area contributed by atoms with Crippen LogP contribution in [0.1, 0.15) is 5.69 Å². The number of hydrogen-bond acceptors (Lipinski definition) is 4. The molecule has 0 saturated carbocycles. The molecule has 1 aromatic carbocycles. The Morgan fingerprint density at radius 3 is 3.06 bits per heavy atom. The molecule has 0 aliphatic heterocycles. The Morgan fingerprint density at radius 1 is 1.18 bits per heavy atom. The number of aromatic nitrogens is 4. The van der Waals surface area contributed by atoms with Gasteiger partial charge in [-0.3, -0.25) is 15.1 Å². The summed E-state index contributed by atoms with van der Waals surface area (Å²) in [6, 6.07) is 6.07. The van der Waals surface area contributed by atoms with Crippen molar-refractivity contribution >= 4 is 16.6 Å². The van der Waals surface area contributed by atoms with Crippen molar-refractivity contribution in [3.8, 4) is 0 Å². The SMILES string of the molecule is c1cnc(CNc2ccc3cn[nH]c3c2)cn1. The van der Waals surface area contributed by atoms with Crippen molar-refractivity contribution in [1.29, 1.82) is 0 Å². The number of nitrogens with one attached hydrogen (secondary N) is 2. The molecule has 0 bridgehead atoms. The smallest absolute Gasteiger partial charge is 0.0777 e. The summed E-state index contributed by atoms with van der Waals surface area (Å²) in [5.41, 5.74) is 2.97. The molecule has 5 nitrogen and oxygen atoms in total. The fourth-order valence-electron chi connectivity index (χ4n) is 1.66. The summed E-state index contributed by atoms with van der Waals surface area (Å²) >= 11 is 0. The van der Waals surface area contributed by atoms with Crippen LogP contribution in [0.25, 0.3) is 10.9 Å². The van der Waals surface area contributed by atoms with Crippen LogP contribution in [0, 0.1) is 0 Å². The summed E-state index contributed by atoms with van der Waals surface area (Å²) in [7, 11) is 0. The van der Waals surface area contributed by atoms with Crippen LogP contribution in [0.2, 0.25) is 0 Å². The zero-order valence-electron chi connectivity index (χ0n) is 9.09. The van der Waals surface area contributed by atoms with E-state index in [0.717, 1.165) is 22.3 Å². The third-order valence-electron chi connectivity index (χ3n) is 2.53. The van der Waals surface area contributed by atoms with E-state index < -0.39 is 0 Å². The minimum absolute atomic E-state index is 0.660. The molecule has 5 heteroatoms. The van der Waals surface area contributed by atoms with Gasteiger partial charge in [-0.2, -0.15) is 5.10 Å². The van der Waals surface area contributed by atoms with Crippen LogP contribution in [0.15, 0.2) is 43.0 Å². The second-order valence-electron chi connectivity index (χ2n) is 3.72. The molecule has 0 saturated heterocycles. The Kier molecular flexibility index (Phi) is 2.42. The zero-order valence-corrected chi connectivity index (χ0v) is 9.09. The standard InChI is InChI=1S/C12H11N5/c1-2-10(5-12-9(1)6-16-17-12)15-8-11-7-13-3-4-14-11/h1-7,15H,8H2,(H,16,17). The first kappa shape index (κ1) is 9.77. The second-order valence-corrected chi connectivity index (χ2v) is 3.72. The van der Waals surface area contributed by atoms with Gasteiger partial charge in [0.2, 0.25) is 0 Å². The number of anilines is 1. The molecule has 0 aliphatic rings. The molecular weight excluding hydrogens is 214 g/mol.